The highest BCUT2D eigenvalue weighted by Crippen LogP contribution is 2.35. The molecule has 6 heteroatoms. The molecule has 88 valence electrons. The van der Waals surface area contributed by atoms with Crippen LogP contribution in [0.3, 0.4) is 0 Å². The number of rotatable bonds is 1. The first-order valence-corrected chi connectivity index (χ1v) is 4.73. The van der Waals surface area contributed by atoms with Crippen molar-refractivity contribution in [3.63, 3.8) is 0 Å². The minimum absolute atomic E-state index is 0.00711. The van der Waals surface area contributed by atoms with Crippen LogP contribution in [0.25, 0.3) is 0 Å². The lowest BCUT2D eigenvalue weighted by molar-refractivity contribution is -0.140. The third-order valence-electron chi connectivity index (χ3n) is 2.44. The topological polar surface area (TPSA) is 21.3 Å². The Kier molecular flexibility index (Phi) is 2.86. The van der Waals surface area contributed by atoms with Gasteiger partial charge in [0.2, 0.25) is 0 Å². The van der Waals surface area contributed by atoms with Gasteiger partial charge in [-0.1, -0.05) is 12.1 Å². The lowest BCUT2D eigenvalue weighted by atomic mass is 10.0. The second kappa shape index (κ2) is 4.03. The minimum Gasteiger partial charge on any atom is -0.301 e. The first-order chi connectivity index (χ1) is 7.50. The van der Waals surface area contributed by atoms with E-state index in [0.29, 0.717) is 13.0 Å². The Morgan fingerprint density at radius 3 is 2.62 bits per heavy atom. The molecule has 1 aromatic carbocycles. The van der Waals surface area contributed by atoms with Crippen molar-refractivity contribution < 1.29 is 22.4 Å². The summed E-state index contributed by atoms with van der Waals surface area (Å²) in [5.74, 6) is -1.22. The van der Waals surface area contributed by atoms with Gasteiger partial charge >= 0.3 is 6.18 Å². The second-order valence-electron chi connectivity index (χ2n) is 3.51. The predicted molar refractivity (Wildman–Crippen MR) is 47.8 cm³/mol. The normalized spacial score (nSPS) is 21.4. The van der Waals surface area contributed by atoms with Crippen LogP contribution in [0.15, 0.2) is 18.2 Å². The molecule has 0 bridgehead atoms. The zero-order chi connectivity index (χ0) is 11.8. The molecule has 0 amide bonds. The number of hydroxylamine groups is 1. The maximum absolute atomic E-state index is 13.6. The van der Waals surface area contributed by atoms with Crippen LogP contribution < -0.4 is 5.48 Å². The van der Waals surface area contributed by atoms with Gasteiger partial charge in [0.15, 0.2) is 0 Å². The van der Waals surface area contributed by atoms with Crippen molar-refractivity contribution in [1.82, 2.24) is 5.48 Å². The molecule has 1 heterocycles. The average Bonchev–Trinajstić information content (AvgIpc) is 2.69. The fourth-order valence-electron chi connectivity index (χ4n) is 1.65. The Balaban J connectivity index is 2.40. The summed E-state index contributed by atoms with van der Waals surface area (Å²) >= 11 is 0. The molecule has 1 atom stereocenters. The predicted octanol–water partition coefficient (Wildman–Crippen LogP) is 2.81. The number of hydrogen-bond donors (Lipinski definition) is 1. The quantitative estimate of drug-likeness (QED) is 0.756. The van der Waals surface area contributed by atoms with Gasteiger partial charge in [-0.25, -0.2) is 4.39 Å². The van der Waals surface area contributed by atoms with Crippen molar-refractivity contribution >= 4 is 0 Å². The summed E-state index contributed by atoms with van der Waals surface area (Å²) in [5, 5.41) is 0. The van der Waals surface area contributed by atoms with Crippen molar-refractivity contribution in [3.8, 4) is 0 Å². The standard InChI is InChI=1S/C10H9F4NO/c11-9-6(8-4-5-16-15-8)2-1-3-7(9)10(12,13)14/h1-3,8,15H,4-5H2/t8-/m1/s1. The van der Waals surface area contributed by atoms with Gasteiger partial charge in [-0.05, 0) is 12.5 Å². The fourth-order valence-corrected chi connectivity index (χ4v) is 1.65. The van der Waals surface area contributed by atoms with E-state index in [1.165, 1.54) is 12.1 Å². The first-order valence-electron chi connectivity index (χ1n) is 4.73. The van der Waals surface area contributed by atoms with Crippen LogP contribution in [-0.4, -0.2) is 6.61 Å². The summed E-state index contributed by atoms with van der Waals surface area (Å²) in [7, 11) is 0. The SMILES string of the molecule is Fc1c([C@H]2CCON2)cccc1C(F)(F)F. The van der Waals surface area contributed by atoms with Gasteiger partial charge in [-0.15, -0.1) is 0 Å². The van der Waals surface area contributed by atoms with Gasteiger partial charge in [-0.2, -0.15) is 18.7 Å². The molecule has 1 aliphatic rings. The Morgan fingerprint density at radius 1 is 1.31 bits per heavy atom. The zero-order valence-electron chi connectivity index (χ0n) is 8.14. The Hall–Kier alpha value is -1.14. The lowest BCUT2D eigenvalue weighted by Gasteiger charge is -2.14. The second-order valence-corrected chi connectivity index (χ2v) is 3.51. The highest BCUT2D eigenvalue weighted by Gasteiger charge is 2.36. The fraction of sp³-hybridized carbons (Fsp3) is 0.400. The number of hydrogen-bond acceptors (Lipinski definition) is 2. The Morgan fingerprint density at radius 2 is 2.06 bits per heavy atom. The van der Waals surface area contributed by atoms with Crippen LogP contribution in [0.2, 0.25) is 0 Å². The van der Waals surface area contributed by atoms with E-state index >= 15 is 0 Å². The van der Waals surface area contributed by atoms with Gasteiger partial charge in [0.05, 0.1) is 18.2 Å². The van der Waals surface area contributed by atoms with Crippen LogP contribution >= 0.6 is 0 Å². The van der Waals surface area contributed by atoms with Crippen LogP contribution in [0.4, 0.5) is 17.6 Å². The van der Waals surface area contributed by atoms with Crippen molar-refractivity contribution in [2.75, 3.05) is 6.61 Å². The van der Waals surface area contributed by atoms with E-state index in [4.69, 9.17) is 4.84 Å². The van der Waals surface area contributed by atoms with Crippen molar-refractivity contribution in [2.45, 2.75) is 18.6 Å². The summed E-state index contributed by atoms with van der Waals surface area (Å²) in [6.07, 6.45) is -4.21. The average molecular weight is 235 g/mol. The van der Waals surface area contributed by atoms with Crippen LogP contribution in [0.1, 0.15) is 23.6 Å². The maximum Gasteiger partial charge on any atom is 0.419 e. The van der Waals surface area contributed by atoms with Gasteiger partial charge in [-0.3, -0.25) is 0 Å². The van der Waals surface area contributed by atoms with E-state index in [1.807, 2.05) is 0 Å². The lowest BCUT2D eigenvalue weighted by Crippen LogP contribution is -2.16. The summed E-state index contributed by atoms with van der Waals surface area (Å²) in [6.45, 7) is 0.361. The highest BCUT2D eigenvalue weighted by atomic mass is 19.4. The minimum atomic E-state index is -4.67. The first kappa shape index (κ1) is 11.3. The summed E-state index contributed by atoms with van der Waals surface area (Å²) in [5.41, 5.74) is 1.24. The number of nitrogens with one attached hydrogen (secondary N) is 1. The van der Waals surface area contributed by atoms with Crippen molar-refractivity contribution in [3.05, 3.63) is 35.1 Å². The number of alkyl halides is 3. The van der Waals surface area contributed by atoms with E-state index < -0.39 is 23.6 Å². The molecule has 0 radical (unpaired) electrons. The van der Waals surface area contributed by atoms with Gasteiger partial charge < -0.3 is 4.84 Å². The molecule has 0 saturated carbocycles. The maximum atomic E-state index is 13.6. The smallest absolute Gasteiger partial charge is 0.301 e. The van der Waals surface area contributed by atoms with Crippen molar-refractivity contribution in [1.29, 1.82) is 0 Å². The summed E-state index contributed by atoms with van der Waals surface area (Å²) in [6, 6.07) is 2.74. The Bertz CT molecular complexity index is 385. The molecule has 1 N–H and O–H groups in total. The number of halogens is 4. The monoisotopic (exact) mass is 235 g/mol. The largest absolute Gasteiger partial charge is 0.419 e. The molecule has 16 heavy (non-hydrogen) atoms. The molecule has 2 rings (SSSR count). The summed E-state index contributed by atoms with van der Waals surface area (Å²) < 4.78 is 50.9. The van der Waals surface area contributed by atoms with E-state index in [9.17, 15) is 17.6 Å². The summed E-state index contributed by atoms with van der Waals surface area (Å²) in [4.78, 5) is 4.79. The molecule has 0 aliphatic carbocycles. The molecule has 1 aliphatic heterocycles. The highest BCUT2D eigenvalue weighted by molar-refractivity contribution is 5.30. The van der Waals surface area contributed by atoms with E-state index in [0.717, 1.165) is 6.07 Å². The Labute approximate surface area is 89.2 Å². The third kappa shape index (κ3) is 2.03. The zero-order valence-corrected chi connectivity index (χ0v) is 8.14. The van der Waals surface area contributed by atoms with Gasteiger partial charge in [0, 0.05) is 5.56 Å². The molecule has 0 unspecified atom stereocenters. The van der Waals surface area contributed by atoms with Gasteiger partial charge in [0.25, 0.3) is 0 Å². The molecule has 1 saturated heterocycles. The van der Waals surface area contributed by atoms with E-state index in [1.54, 1.807) is 0 Å². The van der Waals surface area contributed by atoms with Gasteiger partial charge in [0.1, 0.15) is 5.82 Å². The molecule has 1 aromatic rings. The van der Waals surface area contributed by atoms with Crippen LogP contribution in [0, 0.1) is 5.82 Å². The van der Waals surface area contributed by atoms with Crippen molar-refractivity contribution in [2.24, 2.45) is 0 Å². The van der Waals surface area contributed by atoms with E-state index in [2.05, 4.69) is 5.48 Å². The molecule has 2 nitrogen and oxygen atoms in total. The molecule has 0 aromatic heterocycles. The van der Waals surface area contributed by atoms with Crippen LogP contribution in [0.5, 0.6) is 0 Å². The van der Waals surface area contributed by atoms with E-state index in [-0.39, 0.29) is 5.56 Å². The number of benzene rings is 1. The van der Waals surface area contributed by atoms with Crippen LogP contribution in [-0.2, 0) is 11.0 Å². The third-order valence-corrected chi connectivity index (χ3v) is 2.44. The molecular weight excluding hydrogens is 226 g/mol. The molecule has 1 fully saturated rings. The molecular formula is C10H9F4NO. The molecule has 0 spiro atoms.